The van der Waals surface area contributed by atoms with E-state index in [4.69, 9.17) is 25.8 Å². The van der Waals surface area contributed by atoms with E-state index in [0.29, 0.717) is 33.4 Å². The number of ether oxygens (including phenoxy) is 3. The number of carbonyl (C=O) groups excluding carboxylic acids is 2. The summed E-state index contributed by atoms with van der Waals surface area (Å²) in [5.41, 5.74) is 1.25. The van der Waals surface area contributed by atoms with E-state index in [0.717, 1.165) is 0 Å². The van der Waals surface area contributed by atoms with Gasteiger partial charge >= 0.3 is 5.97 Å². The molecular formula is C24H19ClO5. The van der Waals surface area contributed by atoms with E-state index in [1.54, 1.807) is 72.8 Å². The molecule has 0 fully saturated rings. The Balaban J connectivity index is 1.85. The van der Waals surface area contributed by atoms with E-state index in [9.17, 15) is 9.59 Å². The zero-order valence-corrected chi connectivity index (χ0v) is 17.2. The normalized spacial score (nSPS) is 10.6. The predicted molar refractivity (Wildman–Crippen MR) is 116 cm³/mol. The van der Waals surface area contributed by atoms with Crippen LogP contribution >= 0.6 is 11.6 Å². The van der Waals surface area contributed by atoms with Crippen LogP contribution in [0, 0.1) is 0 Å². The van der Waals surface area contributed by atoms with Crippen LogP contribution in [0.1, 0.15) is 26.3 Å². The molecule has 0 saturated heterocycles. The van der Waals surface area contributed by atoms with Gasteiger partial charge in [-0.2, -0.15) is 0 Å². The molecule has 6 heteroatoms. The minimum absolute atomic E-state index is 0.179. The van der Waals surface area contributed by atoms with Gasteiger partial charge in [0.1, 0.15) is 22.8 Å². The van der Waals surface area contributed by atoms with Crippen molar-refractivity contribution < 1.29 is 23.8 Å². The second-order valence-corrected chi connectivity index (χ2v) is 6.61. The first-order valence-electron chi connectivity index (χ1n) is 9.03. The van der Waals surface area contributed by atoms with Crippen molar-refractivity contribution in [1.29, 1.82) is 0 Å². The molecule has 3 rings (SSSR count). The van der Waals surface area contributed by atoms with Crippen molar-refractivity contribution in [2.45, 2.75) is 0 Å². The lowest BCUT2D eigenvalue weighted by Gasteiger charge is -2.13. The number of hydrogen-bond acceptors (Lipinski definition) is 5. The molecule has 0 heterocycles. The number of halogens is 1. The number of hydrogen-bond donors (Lipinski definition) is 0. The van der Waals surface area contributed by atoms with Crippen molar-refractivity contribution in [3.8, 4) is 17.2 Å². The lowest BCUT2D eigenvalue weighted by Crippen LogP contribution is -2.12. The molecule has 0 N–H and O–H groups in total. The Morgan fingerprint density at radius 1 is 0.800 bits per heavy atom. The Morgan fingerprint density at radius 2 is 1.40 bits per heavy atom. The van der Waals surface area contributed by atoms with Gasteiger partial charge < -0.3 is 14.2 Å². The number of carbonyl (C=O) groups is 2. The zero-order valence-electron chi connectivity index (χ0n) is 16.4. The number of ketones is 1. The number of benzene rings is 3. The maximum absolute atomic E-state index is 12.8. The van der Waals surface area contributed by atoms with Crippen LogP contribution in [-0.2, 0) is 0 Å². The first-order chi connectivity index (χ1) is 14.5. The van der Waals surface area contributed by atoms with Crippen molar-refractivity contribution in [3.05, 3.63) is 94.5 Å². The third-order valence-corrected chi connectivity index (χ3v) is 4.55. The summed E-state index contributed by atoms with van der Waals surface area (Å²) >= 11 is 5.86. The molecular weight excluding hydrogens is 404 g/mol. The summed E-state index contributed by atoms with van der Waals surface area (Å²) in [6, 6.07) is 18.5. The second kappa shape index (κ2) is 9.76. The molecule has 0 aromatic heterocycles. The number of para-hydroxylation sites is 1. The van der Waals surface area contributed by atoms with Crippen molar-refractivity contribution in [3.63, 3.8) is 0 Å². The van der Waals surface area contributed by atoms with Gasteiger partial charge in [-0.25, -0.2) is 4.79 Å². The highest BCUT2D eigenvalue weighted by Crippen LogP contribution is 2.30. The van der Waals surface area contributed by atoms with E-state index in [1.807, 2.05) is 0 Å². The summed E-state index contributed by atoms with van der Waals surface area (Å²) in [7, 11) is 2.93. The first kappa shape index (κ1) is 21.1. The molecule has 5 nitrogen and oxygen atoms in total. The molecule has 0 atom stereocenters. The molecule has 0 aliphatic carbocycles. The van der Waals surface area contributed by atoms with Gasteiger partial charge in [0.2, 0.25) is 0 Å². The lowest BCUT2D eigenvalue weighted by atomic mass is 10.1. The fraction of sp³-hybridized carbons (Fsp3) is 0.0833. The van der Waals surface area contributed by atoms with Crippen molar-refractivity contribution in [2.24, 2.45) is 0 Å². The van der Waals surface area contributed by atoms with Crippen LogP contribution < -0.4 is 14.2 Å². The maximum Gasteiger partial charge on any atom is 0.351 e. The second-order valence-electron chi connectivity index (χ2n) is 6.17. The molecule has 3 aromatic carbocycles. The van der Waals surface area contributed by atoms with E-state index < -0.39 is 5.97 Å². The van der Waals surface area contributed by atoms with Crippen molar-refractivity contribution in [1.82, 2.24) is 0 Å². The molecule has 0 radical (unpaired) electrons. The van der Waals surface area contributed by atoms with Crippen LogP contribution in [0.2, 0.25) is 5.02 Å². The molecule has 0 amide bonds. The average molecular weight is 423 g/mol. The lowest BCUT2D eigenvalue weighted by molar-refractivity contribution is 0.0727. The minimum Gasteiger partial charge on any atom is -0.496 e. The van der Waals surface area contributed by atoms with Gasteiger partial charge in [0.15, 0.2) is 5.78 Å². The Kier molecular flexibility index (Phi) is 6.88. The fourth-order valence-electron chi connectivity index (χ4n) is 2.79. The monoisotopic (exact) mass is 422 g/mol. The highest BCUT2D eigenvalue weighted by atomic mass is 35.5. The molecule has 30 heavy (non-hydrogen) atoms. The highest BCUT2D eigenvalue weighted by molar-refractivity contribution is 6.30. The Hall–Kier alpha value is -3.57. The summed E-state index contributed by atoms with van der Waals surface area (Å²) in [5, 5.41) is 0.555. The average Bonchev–Trinajstić information content (AvgIpc) is 2.78. The first-order valence-corrected chi connectivity index (χ1v) is 9.41. The third-order valence-electron chi connectivity index (χ3n) is 4.30. The maximum atomic E-state index is 12.8. The number of rotatable bonds is 7. The Bertz CT molecular complexity index is 1060. The van der Waals surface area contributed by atoms with Crippen LogP contribution in [0.25, 0.3) is 6.08 Å². The van der Waals surface area contributed by atoms with Crippen LogP contribution in [0.4, 0.5) is 0 Å². The molecule has 0 bridgehead atoms. The van der Waals surface area contributed by atoms with Gasteiger partial charge in [-0.1, -0.05) is 35.9 Å². The highest BCUT2D eigenvalue weighted by Gasteiger charge is 2.21. The van der Waals surface area contributed by atoms with Crippen LogP contribution in [0.5, 0.6) is 17.2 Å². The van der Waals surface area contributed by atoms with E-state index in [-0.39, 0.29) is 11.3 Å². The minimum atomic E-state index is -0.630. The van der Waals surface area contributed by atoms with Gasteiger partial charge in [-0.3, -0.25) is 4.79 Å². The molecule has 3 aromatic rings. The summed E-state index contributed by atoms with van der Waals surface area (Å²) in [6.45, 7) is 0. The van der Waals surface area contributed by atoms with Gasteiger partial charge in [0.25, 0.3) is 0 Å². The van der Waals surface area contributed by atoms with E-state index >= 15 is 0 Å². The van der Waals surface area contributed by atoms with Gasteiger partial charge in [-0.05, 0) is 54.6 Å². The Labute approximate surface area is 179 Å². The van der Waals surface area contributed by atoms with Gasteiger partial charge in [0.05, 0.1) is 14.2 Å². The number of esters is 1. The van der Waals surface area contributed by atoms with Crippen molar-refractivity contribution in [2.75, 3.05) is 14.2 Å². The molecule has 0 aliphatic rings. The number of methoxy groups -OCH3 is 2. The summed E-state index contributed by atoms with van der Waals surface area (Å²) in [6.07, 6.45) is 3.01. The topological polar surface area (TPSA) is 61.8 Å². The van der Waals surface area contributed by atoms with E-state index in [1.165, 1.54) is 20.3 Å². The zero-order chi connectivity index (χ0) is 21.5. The van der Waals surface area contributed by atoms with Crippen LogP contribution in [0.3, 0.4) is 0 Å². The molecule has 0 spiro atoms. The third kappa shape index (κ3) is 4.88. The molecule has 0 unspecified atom stereocenters. The molecule has 0 saturated carbocycles. The Morgan fingerprint density at radius 3 is 2.03 bits per heavy atom. The summed E-state index contributed by atoms with van der Waals surface area (Å²) in [5.74, 6) is 0.152. The van der Waals surface area contributed by atoms with Gasteiger partial charge in [0, 0.05) is 16.1 Å². The van der Waals surface area contributed by atoms with E-state index in [2.05, 4.69) is 0 Å². The largest absolute Gasteiger partial charge is 0.496 e. The quantitative estimate of drug-likeness (QED) is 0.218. The predicted octanol–water partition coefficient (Wildman–Crippen LogP) is 5.47. The van der Waals surface area contributed by atoms with Crippen molar-refractivity contribution >= 4 is 29.4 Å². The number of allylic oxidation sites excluding steroid dienone is 1. The SMILES string of the molecule is COc1cccc(OC)c1C(=O)Oc1ccccc1C=CC(=O)c1ccc(Cl)cc1. The van der Waals surface area contributed by atoms with Crippen LogP contribution in [0.15, 0.2) is 72.8 Å². The van der Waals surface area contributed by atoms with Gasteiger partial charge in [-0.15, -0.1) is 0 Å². The smallest absolute Gasteiger partial charge is 0.351 e. The standard InChI is InChI=1S/C24H19ClO5/c1-28-21-8-5-9-22(29-2)23(21)24(27)30-20-7-4-3-6-17(20)12-15-19(26)16-10-13-18(25)14-11-16/h3-15H,1-2H3. The molecule has 0 aliphatic heterocycles. The summed E-state index contributed by atoms with van der Waals surface area (Å²) in [4.78, 5) is 25.2. The fourth-order valence-corrected chi connectivity index (χ4v) is 2.92. The molecule has 152 valence electrons. The summed E-state index contributed by atoms with van der Waals surface area (Å²) < 4.78 is 16.1. The van der Waals surface area contributed by atoms with Crippen LogP contribution in [-0.4, -0.2) is 26.0 Å².